The summed E-state index contributed by atoms with van der Waals surface area (Å²) in [5.41, 5.74) is 2.75. The van der Waals surface area contributed by atoms with Crippen molar-refractivity contribution < 1.29 is 0 Å². The lowest BCUT2D eigenvalue weighted by Crippen LogP contribution is -1.99. The number of para-hydroxylation sites is 2. The number of benzene rings is 1. The molecule has 0 aliphatic carbocycles. The molecule has 19 heavy (non-hydrogen) atoms. The molecule has 0 amide bonds. The molecule has 0 aliphatic heterocycles. The first-order valence-electron chi connectivity index (χ1n) is 6.50. The minimum Gasteiger partial charge on any atom is -0.251 e. The second-order valence-corrected chi connectivity index (χ2v) is 4.47. The third-order valence-corrected chi connectivity index (χ3v) is 3.00. The van der Waals surface area contributed by atoms with Gasteiger partial charge in [0.15, 0.2) is 5.82 Å². The lowest BCUT2D eigenvalue weighted by atomic mass is 10.2. The number of hydrogen-bond acceptors (Lipinski definition) is 4. The summed E-state index contributed by atoms with van der Waals surface area (Å²) in [6.45, 7) is 2.17. The molecule has 3 aromatic rings. The summed E-state index contributed by atoms with van der Waals surface area (Å²) < 4.78 is 1.68. The average molecular weight is 253 g/mol. The van der Waals surface area contributed by atoms with E-state index in [1.165, 1.54) is 0 Å². The molecule has 0 saturated heterocycles. The lowest BCUT2D eigenvalue weighted by molar-refractivity contribution is 0.755. The quantitative estimate of drug-likeness (QED) is 0.717. The minimum absolute atomic E-state index is 0.703. The van der Waals surface area contributed by atoms with Crippen LogP contribution < -0.4 is 0 Å². The summed E-state index contributed by atoms with van der Waals surface area (Å²) in [5, 5.41) is 8.27. The van der Waals surface area contributed by atoms with Crippen molar-refractivity contribution >= 4 is 11.0 Å². The zero-order valence-electron chi connectivity index (χ0n) is 10.8. The maximum absolute atomic E-state index is 4.54. The highest BCUT2D eigenvalue weighted by molar-refractivity contribution is 5.74. The molecule has 5 nitrogen and oxygen atoms in total. The van der Waals surface area contributed by atoms with Gasteiger partial charge < -0.3 is 0 Å². The monoisotopic (exact) mass is 253 g/mol. The van der Waals surface area contributed by atoms with Crippen molar-refractivity contribution in [3.05, 3.63) is 42.4 Å². The van der Waals surface area contributed by atoms with Gasteiger partial charge in [0.1, 0.15) is 0 Å². The van der Waals surface area contributed by atoms with Gasteiger partial charge in [-0.15, -0.1) is 5.10 Å². The van der Waals surface area contributed by atoms with E-state index in [9.17, 15) is 0 Å². The number of hydrogen-bond donors (Lipinski definition) is 0. The van der Waals surface area contributed by atoms with Crippen molar-refractivity contribution in [1.82, 2.24) is 25.0 Å². The molecule has 0 aliphatic rings. The molecule has 96 valence electrons. The molecule has 2 heterocycles. The standard InChI is InChI=1S/C14H15N5/c1-2-3-6-11-10-19(18-17-11)14-9-15-12-7-4-5-8-13(12)16-14/h4-5,7-10H,2-3,6H2,1H3. The summed E-state index contributed by atoms with van der Waals surface area (Å²) >= 11 is 0. The fourth-order valence-electron chi connectivity index (χ4n) is 1.94. The van der Waals surface area contributed by atoms with Crippen LogP contribution in [0, 0.1) is 0 Å². The summed E-state index contributed by atoms with van der Waals surface area (Å²) in [4.78, 5) is 8.91. The van der Waals surface area contributed by atoms with Crippen LogP contribution in [0.1, 0.15) is 25.5 Å². The van der Waals surface area contributed by atoms with Crippen LogP contribution in [0.4, 0.5) is 0 Å². The summed E-state index contributed by atoms with van der Waals surface area (Å²) in [6.07, 6.45) is 6.89. The largest absolute Gasteiger partial charge is 0.251 e. The Bertz CT molecular complexity index is 689. The Hall–Kier alpha value is -2.30. The van der Waals surface area contributed by atoms with E-state index in [1.807, 2.05) is 30.5 Å². The van der Waals surface area contributed by atoms with E-state index in [1.54, 1.807) is 10.9 Å². The highest BCUT2D eigenvalue weighted by Crippen LogP contribution is 2.11. The van der Waals surface area contributed by atoms with Crippen LogP contribution in [-0.4, -0.2) is 25.0 Å². The van der Waals surface area contributed by atoms with E-state index in [2.05, 4.69) is 27.2 Å². The first-order chi connectivity index (χ1) is 9.36. The third-order valence-electron chi connectivity index (χ3n) is 3.00. The van der Waals surface area contributed by atoms with Crippen LogP contribution in [-0.2, 0) is 6.42 Å². The van der Waals surface area contributed by atoms with Crippen molar-refractivity contribution in [2.45, 2.75) is 26.2 Å². The van der Waals surface area contributed by atoms with Crippen molar-refractivity contribution in [1.29, 1.82) is 0 Å². The van der Waals surface area contributed by atoms with Crippen LogP contribution in [0.15, 0.2) is 36.7 Å². The Labute approximate surface area is 111 Å². The number of unbranched alkanes of at least 4 members (excludes halogenated alkanes) is 1. The van der Waals surface area contributed by atoms with Gasteiger partial charge >= 0.3 is 0 Å². The summed E-state index contributed by atoms with van der Waals surface area (Å²) in [5.74, 6) is 0.703. The Morgan fingerprint density at radius 2 is 2.00 bits per heavy atom. The van der Waals surface area contributed by atoms with E-state index in [0.29, 0.717) is 5.82 Å². The summed E-state index contributed by atoms with van der Waals surface area (Å²) in [7, 11) is 0. The van der Waals surface area contributed by atoms with Gasteiger partial charge in [-0.1, -0.05) is 30.7 Å². The van der Waals surface area contributed by atoms with Gasteiger partial charge in [-0.25, -0.2) is 9.67 Å². The van der Waals surface area contributed by atoms with Crippen LogP contribution in [0.25, 0.3) is 16.9 Å². The Balaban J connectivity index is 1.92. The van der Waals surface area contributed by atoms with E-state index < -0.39 is 0 Å². The molecular formula is C14H15N5. The van der Waals surface area contributed by atoms with Crippen molar-refractivity contribution in [2.24, 2.45) is 0 Å². The maximum Gasteiger partial charge on any atom is 0.174 e. The summed E-state index contributed by atoms with van der Waals surface area (Å²) in [6, 6.07) is 7.80. The topological polar surface area (TPSA) is 56.5 Å². The highest BCUT2D eigenvalue weighted by atomic mass is 15.4. The van der Waals surface area contributed by atoms with E-state index in [0.717, 1.165) is 36.0 Å². The van der Waals surface area contributed by atoms with Crippen molar-refractivity contribution in [3.63, 3.8) is 0 Å². The number of rotatable bonds is 4. The molecule has 5 heteroatoms. The first kappa shape index (κ1) is 11.8. The second-order valence-electron chi connectivity index (χ2n) is 4.47. The molecule has 0 saturated carbocycles. The Morgan fingerprint density at radius 1 is 1.16 bits per heavy atom. The number of nitrogens with zero attached hydrogens (tertiary/aromatic N) is 5. The minimum atomic E-state index is 0.703. The number of aromatic nitrogens is 5. The predicted octanol–water partition coefficient (Wildman–Crippen LogP) is 2.55. The first-order valence-corrected chi connectivity index (χ1v) is 6.50. The van der Waals surface area contributed by atoms with Gasteiger partial charge in [0, 0.05) is 0 Å². The second kappa shape index (κ2) is 5.14. The van der Waals surface area contributed by atoms with Crippen molar-refractivity contribution in [2.75, 3.05) is 0 Å². The molecule has 0 spiro atoms. The van der Waals surface area contributed by atoms with Gasteiger partial charge in [0.25, 0.3) is 0 Å². The molecule has 3 rings (SSSR count). The highest BCUT2D eigenvalue weighted by Gasteiger charge is 2.05. The normalized spacial score (nSPS) is 11.0. The van der Waals surface area contributed by atoms with E-state index in [-0.39, 0.29) is 0 Å². The molecule has 1 aromatic carbocycles. The van der Waals surface area contributed by atoms with Crippen LogP contribution in [0.2, 0.25) is 0 Å². The van der Waals surface area contributed by atoms with Crippen LogP contribution in [0.3, 0.4) is 0 Å². The van der Waals surface area contributed by atoms with E-state index in [4.69, 9.17) is 0 Å². The number of aryl methyl sites for hydroxylation is 1. The molecule has 0 unspecified atom stereocenters. The van der Waals surface area contributed by atoms with E-state index >= 15 is 0 Å². The van der Waals surface area contributed by atoms with Crippen LogP contribution >= 0.6 is 0 Å². The van der Waals surface area contributed by atoms with Gasteiger partial charge in [-0.05, 0) is 25.0 Å². The van der Waals surface area contributed by atoms with Gasteiger partial charge in [0.05, 0.1) is 29.1 Å². The molecule has 0 fully saturated rings. The lowest BCUT2D eigenvalue weighted by Gasteiger charge is -2.00. The van der Waals surface area contributed by atoms with Gasteiger partial charge in [-0.3, -0.25) is 4.98 Å². The molecule has 0 radical (unpaired) electrons. The zero-order valence-corrected chi connectivity index (χ0v) is 10.8. The van der Waals surface area contributed by atoms with Crippen LogP contribution in [0.5, 0.6) is 0 Å². The fraction of sp³-hybridized carbons (Fsp3) is 0.286. The average Bonchev–Trinajstić information content (AvgIpc) is 2.93. The Kier molecular flexibility index (Phi) is 3.18. The van der Waals surface area contributed by atoms with Gasteiger partial charge in [-0.2, -0.15) is 0 Å². The predicted molar refractivity (Wildman–Crippen MR) is 73.1 cm³/mol. The SMILES string of the molecule is CCCCc1cn(-c2cnc3ccccc3n2)nn1. The van der Waals surface area contributed by atoms with Crippen molar-refractivity contribution in [3.8, 4) is 5.82 Å². The molecule has 0 N–H and O–H groups in total. The molecular weight excluding hydrogens is 238 g/mol. The van der Waals surface area contributed by atoms with Gasteiger partial charge in [0.2, 0.25) is 0 Å². The maximum atomic E-state index is 4.54. The third kappa shape index (κ3) is 2.45. The molecule has 0 atom stereocenters. The Morgan fingerprint density at radius 3 is 2.84 bits per heavy atom. The number of fused-ring (bicyclic) bond motifs is 1. The smallest absolute Gasteiger partial charge is 0.174 e. The molecule has 2 aromatic heterocycles. The molecule has 0 bridgehead atoms. The fourth-order valence-corrected chi connectivity index (χ4v) is 1.94. The zero-order chi connectivity index (χ0) is 13.1.